The zero-order chi connectivity index (χ0) is 11.4. The number of hydrogen-bond donors (Lipinski definition) is 1. The molecule has 0 atom stereocenters. The van der Waals surface area contributed by atoms with E-state index in [2.05, 4.69) is 31.2 Å². The van der Waals surface area contributed by atoms with Crippen LogP contribution in [-0.2, 0) is 6.54 Å². The molecule has 0 radical (unpaired) electrons. The number of aromatic nitrogens is 2. The molecule has 16 heavy (non-hydrogen) atoms. The van der Waals surface area contributed by atoms with Gasteiger partial charge in [0.15, 0.2) is 0 Å². The van der Waals surface area contributed by atoms with E-state index in [1.165, 1.54) is 6.33 Å². The van der Waals surface area contributed by atoms with Crippen LogP contribution in [0.3, 0.4) is 0 Å². The molecule has 1 aromatic heterocycles. The summed E-state index contributed by atoms with van der Waals surface area (Å²) in [6.07, 6.45) is 4.94. The van der Waals surface area contributed by atoms with Crippen LogP contribution in [0.2, 0.25) is 5.02 Å². The summed E-state index contributed by atoms with van der Waals surface area (Å²) in [5.41, 5.74) is 1.90. The monoisotopic (exact) mass is 297 g/mol. The molecule has 1 heterocycles. The molecule has 0 bridgehead atoms. The van der Waals surface area contributed by atoms with Crippen molar-refractivity contribution in [2.75, 3.05) is 5.32 Å². The van der Waals surface area contributed by atoms with Crippen LogP contribution in [0.5, 0.6) is 0 Å². The van der Waals surface area contributed by atoms with Crippen molar-refractivity contribution < 1.29 is 0 Å². The third-order valence-electron chi connectivity index (χ3n) is 2.05. The van der Waals surface area contributed by atoms with Crippen molar-refractivity contribution in [3.63, 3.8) is 0 Å². The van der Waals surface area contributed by atoms with E-state index >= 15 is 0 Å². The first-order valence-corrected chi connectivity index (χ1v) is 5.85. The highest BCUT2D eigenvalue weighted by Crippen LogP contribution is 2.21. The lowest BCUT2D eigenvalue weighted by atomic mass is 10.2. The average molecular weight is 299 g/mol. The highest BCUT2D eigenvalue weighted by Gasteiger charge is 2.01. The summed E-state index contributed by atoms with van der Waals surface area (Å²) in [7, 11) is 0. The number of benzene rings is 1. The minimum absolute atomic E-state index is 0.644. The van der Waals surface area contributed by atoms with Crippen LogP contribution in [0.25, 0.3) is 0 Å². The van der Waals surface area contributed by atoms with Crippen LogP contribution in [-0.4, -0.2) is 9.97 Å². The van der Waals surface area contributed by atoms with Crippen molar-refractivity contribution in [1.82, 2.24) is 9.97 Å². The molecule has 0 saturated heterocycles. The topological polar surface area (TPSA) is 37.8 Å². The molecule has 1 N–H and O–H groups in total. The Morgan fingerprint density at radius 1 is 1.25 bits per heavy atom. The van der Waals surface area contributed by atoms with Crippen LogP contribution < -0.4 is 5.32 Å². The van der Waals surface area contributed by atoms with Gasteiger partial charge in [0.05, 0.1) is 18.1 Å². The van der Waals surface area contributed by atoms with Crippen LogP contribution in [0.15, 0.2) is 41.4 Å². The largest absolute Gasteiger partial charge is 0.378 e. The number of rotatable bonds is 3. The number of halogens is 2. The summed E-state index contributed by atoms with van der Waals surface area (Å²) in [5, 5.41) is 3.94. The van der Waals surface area contributed by atoms with Crippen LogP contribution in [0.1, 0.15) is 5.56 Å². The normalized spacial score (nSPS) is 10.1. The summed E-state index contributed by atoms with van der Waals surface area (Å²) in [4.78, 5) is 7.84. The highest BCUT2D eigenvalue weighted by atomic mass is 79.9. The Morgan fingerprint density at radius 3 is 2.75 bits per heavy atom. The van der Waals surface area contributed by atoms with Gasteiger partial charge in [-0.05, 0) is 23.8 Å². The maximum Gasteiger partial charge on any atom is 0.115 e. The SMILES string of the molecule is Clc1ccc(Br)cc1CNc1cncnc1. The standard InChI is InChI=1S/C11H9BrClN3/c12-9-1-2-11(13)8(3-9)4-16-10-5-14-7-15-6-10/h1-3,5-7,16H,4H2. The summed E-state index contributed by atoms with van der Waals surface area (Å²) in [6.45, 7) is 0.644. The molecule has 0 aliphatic rings. The van der Waals surface area contributed by atoms with Gasteiger partial charge in [-0.25, -0.2) is 9.97 Å². The summed E-state index contributed by atoms with van der Waals surface area (Å²) < 4.78 is 1.01. The number of anilines is 1. The molecule has 0 unspecified atom stereocenters. The van der Waals surface area contributed by atoms with Gasteiger partial charge in [-0.15, -0.1) is 0 Å². The van der Waals surface area contributed by atoms with E-state index in [4.69, 9.17) is 11.6 Å². The van der Waals surface area contributed by atoms with Crippen molar-refractivity contribution in [3.8, 4) is 0 Å². The van der Waals surface area contributed by atoms with Crippen molar-refractivity contribution in [3.05, 3.63) is 52.0 Å². The second kappa shape index (κ2) is 5.27. The minimum Gasteiger partial charge on any atom is -0.378 e. The molecule has 0 aliphatic carbocycles. The fourth-order valence-electron chi connectivity index (χ4n) is 1.27. The van der Waals surface area contributed by atoms with E-state index in [9.17, 15) is 0 Å². The number of hydrogen-bond acceptors (Lipinski definition) is 3. The fraction of sp³-hybridized carbons (Fsp3) is 0.0909. The molecule has 1 aromatic carbocycles. The molecule has 82 valence electrons. The molecule has 2 aromatic rings. The Balaban J connectivity index is 2.08. The minimum atomic E-state index is 0.644. The van der Waals surface area contributed by atoms with Gasteiger partial charge in [-0.3, -0.25) is 0 Å². The van der Waals surface area contributed by atoms with Gasteiger partial charge < -0.3 is 5.32 Å². The van der Waals surface area contributed by atoms with Gasteiger partial charge in [-0.2, -0.15) is 0 Å². The van der Waals surface area contributed by atoms with E-state index in [-0.39, 0.29) is 0 Å². The van der Waals surface area contributed by atoms with E-state index < -0.39 is 0 Å². The van der Waals surface area contributed by atoms with Crippen molar-refractivity contribution in [1.29, 1.82) is 0 Å². The molecule has 0 aliphatic heterocycles. The molecular formula is C11H9BrClN3. The molecule has 0 saturated carbocycles. The molecule has 0 fully saturated rings. The van der Waals surface area contributed by atoms with Gasteiger partial charge in [0.1, 0.15) is 6.33 Å². The lowest BCUT2D eigenvalue weighted by Gasteiger charge is -2.07. The van der Waals surface area contributed by atoms with Gasteiger partial charge in [-0.1, -0.05) is 27.5 Å². The average Bonchev–Trinajstić information content (AvgIpc) is 2.32. The van der Waals surface area contributed by atoms with Crippen LogP contribution in [0.4, 0.5) is 5.69 Å². The quantitative estimate of drug-likeness (QED) is 0.942. The molecule has 0 amide bonds. The third-order valence-corrected chi connectivity index (χ3v) is 2.91. The zero-order valence-corrected chi connectivity index (χ0v) is 10.7. The van der Waals surface area contributed by atoms with Crippen molar-refractivity contribution in [2.24, 2.45) is 0 Å². The van der Waals surface area contributed by atoms with Gasteiger partial charge in [0.25, 0.3) is 0 Å². The van der Waals surface area contributed by atoms with E-state index in [1.54, 1.807) is 12.4 Å². The predicted molar refractivity (Wildman–Crippen MR) is 68.5 cm³/mol. The van der Waals surface area contributed by atoms with Gasteiger partial charge in [0.2, 0.25) is 0 Å². The molecular weight excluding hydrogens is 289 g/mol. The van der Waals surface area contributed by atoms with E-state index in [0.717, 1.165) is 20.7 Å². The summed E-state index contributed by atoms with van der Waals surface area (Å²) in [5.74, 6) is 0. The Kier molecular flexibility index (Phi) is 3.74. The van der Waals surface area contributed by atoms with Gasteiger partial charge >= 0.3 is 0 Å². The van der Waals surface area contributed by atoms with E-state index in [1.807, 2.05) is 18.2 Å². The fourth-order valence-corrected chi connectivity index (χ4v) is 1.86. The maximum atomic E-state index is 6.07. The Bertz CT molecular complexity index is 476. The van der Waals surface area contributed by atoms with Gasteiger partial charge in [0, 0.05) is 16.0 Å². The highest BCUT2D eigenvalue weighted by molar-refractivity contribution is 9.10. The maximum absolute atomic E-state index is 6.07. The zero-order valence-electron chi connectivity index (χ0n) is 8.32. The molecule has 5 heteroatoms. The van der Waals surface area contributed by atoms with Crippen LogP contribution >= 0.6 is 27.5 Å². The first kappa shape index (κ1) is 11.4. The second-order valence-corrected chi connectivity index (χ2v) is 4.54. The lowest BCUT2D eigenvalue weighted by molar-refractivity contribution is 1.10. The first-order chi connectivity index (χ1) is 7.75. The Morgan fingerprint density at radius 2 is 2.00 bits per heavy atom. The molecule has 3 nitrogen and oxygen atoms in total. The lowest BCUT2D eigenvalue weighted by Crippen LogP contribution is -2.00. The van der Waals surface area contributed by atoms with E-state index in [0.29, 0.717) is 6.54 Å². The molecule has 2 rings (SSSR count). The Labute approximate surface area is 107 Å². The summed E-state index contributed by atoms with van der Waals surface area (Å²) >= 11 is 9.48. The van der Waals surface area contributed by atoms with Crippen molar-refractivity contribution in [2.45, 2.75) is 6.54 Å². The predicted octanol–water partition coefficient (Wildman–Crippen LogP) is 3.50. The smallest absolute Gasteiger partial charge is 0.115 e. The Hall–Kier alpha value is -1.13. The summed E-state index contributed by atoms with van der Waals surface area (Å²) in [6, 6.07) is 5.76. The molecule has 0 spiro atoms. The first-order valence-electron chi connectivity index (χ1n) is 4.68. The van der Waals surface area contributed by atoms with Crippen molar-refractivity contribution >= 4 is 33.2 Å². The second-order valence-electron chi connectivity index (χ2n) is 3.22. The third kappa shape index (κ3) is 2.93. The number of nitrogens with zero attached hydrogens (tertiary/aromatic N) is 2. The van der Waals surface area contributed by atoms with Crippen LogP contribution in [0, 0.1) is 0 Å². The number of nitrogens with one attached hydrogen (secondary N) is 1.